The lowest BCUT2D eigenvalue weighted by atomic mass is 10.2. The zero-order chi connectivity index (χ0) is 13.0. The number of rotatable bonds is 3. The Kier molecular flexibility index (Phi) is 3.68. The highest BCUT2D eigenvalue weighted by Gasteiger charge is 2.18. The highest BCUT2D eigenvalue weighted by Crippen LogP contribution is 2.20. The minimum absolute atomic E-state index is 0.0292. The van der Waals surface area contributed by atoms with Gasteiger partial charge in [-0.05, 0) is 31.0 Å². The summed E-state index contributed by atoms with van der Waals surface area (Å²) < 4.78 is 5.39. The molecule has 0 aliphatic carbocycles. The van der Waals surface area contributed by atoms with Crippen LogP contribution in [0.25, 0.3) is 0 Å². The van der Waals surface area contributed by atoms with Crippen LogP contribution in [0.5, 0.6) is 5.75 Å². The fourth-order valence-corrected chi connectivity index (χ4v) is 1.96. The normalized spacial score (nSPS) is 14.3. The molecule has 18 heavy (non-hydrogen) atoms. The lowest BCUT2D eigenvalue weighted by Crippen LogP contribution is -2.32. The lowest BCUT2D eigenvalue weighted by molar-refractivity contribution is -0.132. The number of carbonyl (C=O) groups is 1. The molecule has 0 aromatic heterocycles. The summed E-state index contributed by atoms with van der Waals surface area (Å²) in [5, 5.41) is 8.94. The maximum Gasteiger partial charge on any atom is 0.260 e. The van der Waals surface area contributed by atoms with Crippen molar-refractivity contribution in [1.82, 2.24) is 4.90 Å². The summed E-state index contributed by atoms with van der Waals surface area (Å²) >= 11 is 0. The van der Waals surface area contributed by atoms with Crippen LogP contribution in [0, 0.1) is 11.3 Å². The van der Waals surface area contributed by atoms with Crippen molar-refractivity contribution < 1.29 is 9.53 Å². The second kappa shape index (κ2) is 5.41. The van der Waals surface area contributed by atoms with E-state index >= 15 is 0 Å². The van der Waals surface area contributed by atoms with E-state index in [9.17, 15) is 4.79 Å². The van der Waals surface area contributed by atoms with Crippen LogP contribution in [0.4, 0.5) is 5.69 Å². The van der Waals surface area contributed by atoms with Gasteiger partial charge in [-0.3, -0.25) is 4.79 Å². The molecule has 0 unspecified atom stereocenters. The van der Waals surface area contributed by atoms with Crippen LogP contribution >= 0.6 is 0 Å². The van der Waals surface area contributed by atoms with E-state index in [1.807, 2.05) is 6.07 Å². The molecule has 94 valence electrons. The lowest BCUT2D eigenvalue weighted by Gasteiger charge is -2.15. The van der Waals surface area contributed by atoms with Crippen molar-refractivity contribution in [2.45, 2.75) is 12.8 Å². The number of carbonyl (C=O) groups excluding carboxylic acids is 1. The van der Waals surface area contributed by atoms with Crippen molar-refractivity contribution >= 4 is 11.6 Å². The molecule has 1 amide bonds. The maximum atomic E-state index is 11.8. The van der Waals surface area contributed by atoms with Gasteiger partial charge in [-0.25, -0.2) is 0 Å². The molecule has 0 spiro atoms. The predicted molar refractivity (Wildman–Crippen MR) is 66.9 cm³/mol. The van der Waals surface area contributed by atoms with Crippen molar-refractivity contribution in [3.8, 4) is 11.8 Å². The zero-order valence-electron chi connectivity index (χ0n) is 10.1. The van der Waals surface area contributed by atoms with Crippen molar-refractivity contribution in [3.05, 3.63) is 23.8 Å². The van der Waals surface area contributed by atoms with Crippen molar-refractivity contribution in [2.75, 3.05) is 25.4 Å². The number of nitrogen functional groups attached to an aromatic ring is 1. The van der Waals surface area contributed by atoms with E-state index in [1.54, 1.807) is 17.0 Å². The third kappa shape index (κ3) is 2.72. The van der Waals surface area contributed by atoms with Crippen molar-refractivity contribution in [1.29, 1.82) is 5.26 Å². The van der Waals surface area contributed by atoms with Gasteiger partial charge in [0.15, 0.2) is 6.61 Å². The van der Waals surface area contributed by atoms with Crippen LogP contribution in [0.2, 0.25) is 0 Å². The first kappa shape index (κ1) is 12.2. The third-order valence-electron chi connectivity index (χ3n) is 2.93. The van der Waals surface area contributed by atoms with Gasteiger partial charge in [0, 0.05) is 18.8 Å². The Morgan fingerprint density at radius 1 is 1.44 bits per heavy atom. The number of likely N-dealkylation sites (tertiary alicyclic amines) is 1. The minimum Gasteiger partial charge on any atom is -0.482 e. The minimum atomic E-state index is -0.0341. The van der Waals surface area contributed by atoms with Gasteiger partial charge >= 0.3 is 0 Å². The van der Waals surface area contributed by atoms with E-state index in [4.69, 9.17) is 15.7 Å². The Bertz CT molecular complexity index is 487. The Hall–Kier alpha value is -2.22. The molecule has 0 saturated carbocycles. The number of hydrogen-bond acceptors (Lipinski definition) is 4. The van der Waals surface area contributed by atoms with Gasteiger partial charge in [-0.1, -0.05) is 0 Å². The summed E-state index contributed by atoms with van der Waals surface area (Å²) in [4.78, 5) is 13.6. The number of anilines is 1. The van der Waals surface area contributed by atoms with Crippen LogP contribution < -0.4 is 10.5 Å². The van der Waals surface area contributed by atoms with Gasteiger partial charge in [0.05, 0.1) is 5.56 Å². The van der Waals surface area contributed by atoms with Gasteiger partial charge in [0.25, 0.3) is 5.91 Å². The van der Waals surface area contributed by atoms with Gasteiger partial charge in [-0.15, -0.1) is 0 Å². The third-order valence-corrected chi connectivity index (χ3v) is 2.93. The number of nitrogens with two attached hydrogens (primary N) is 1. The zero-order valence-corrected chi connectivity index (χ0v) is 10.1. The second-order valence-electron chi connectivity index (χ2n) is 4.24. The first-order valence-electron chi connectivity index (χ1n) is 5.91. The number of ether oxygens (including phenoxy) is 1. The van der Waals surface area contributed by atoms with E-state index in [2.05, 4.69) is 0 Å². The first-order valence-corrected chi connectivity index (χ1v) is 5.91. The molecule has 1 aromatic rings. The van der Waals surface area contributed by atoms with E-state index in [0.29, 0.717) is 17.0 Å². The molecule has 0 bridgehead atoms. The predicted octanol–water partition coefficient (Wildman–Crippen LogP) is 1.14. The summed E-state index contributed by atoms with van der Waals surface area (Å²) in [6, 6.07) is 6.80. The summed E-state index contributed by atoms with van der Waals surface area (Å²) in [5.74, 6) is 0.368. The number of nitrogens with zero attached hydrogens (tertiary/aromatic N) is 2. The van der Waals surface area contributed by atoms with E-state index in [-0.39, 0.29) is 12.5 Å². The molecule has 2 N–H and O–H groups in total. The topological polar surface area (TPSA) is 79.4 Å². The molecule has 5 nitrogen and oxygen atoms in total. The summed E-state index contributed by atoms with van der Waals surface area (Å²) in [7, 11) is 0. The molecule has 1 saturated heterocycles. The largest absolute Gasteiger partial charge is 0.482 e. The fraction of sp³-hybridized carbons (Fsp3) is 0.385. The molecular formula is C13H15N3O2. The Balaban J connectivity index is 1.97. The van der Waals surface area contributed by atoms with Crippen LogP contribution in [0.3, 0.4) is 0 Å². The van der Waals surface area contributed by atoms with Crippen LogP contribution in [-0.2, 0) is 4.79 Å². The van der Waals surface area contributed by atoms with Crippen LogP contribution in [-0.4, -0.2) is 30.5 Å². The van der Waals surface area contributed by atoms with Crippen molar-refractivity contribution in [3.63, 3.8) is 0 Å². The molecule has 0 atom stereocenters. The average Bonchev–Trinajstić information content (AvgIpc) is 2.90. The summed E-state index contributed by atoms with van der Waals surface area (Å²) in [6.45, 7) is 1.57. The van der Waals surface area contributed by atoms with Crippen molar-refractivity contribution in [2.24, 2.45) is 0 Å². The number of hydrogen-bond donors (Lipinski definition) is 1. The van der Waals surface area contributed by atoms with Gasteiger partial charge in [0.1, 0.15) is 11.8 Å². The van der Waals surface area contributed by atoms with E-state index < -0.39 is 0 Å². The quantitative estimate of drug-likeness (QED) is 0.810. The molecule has 1 heterocycles. The Labute approximate surface area is 106 Å². The molecule has 2 rings (SSSR count). The summed E-state index contributed by atoms with van der Waals surface area (Å²) in [5.41, 5.74) is 6.43. The molecule has 1 fully saturated rings. The van der Waals surface area contributed by atoms with Gasteiger partial charge in [0.2, 0.25) is 0 Å². The van der Waals surface area contributed by atoms with Crippen LogP contribution in [0.1, 0.15) is 18.4 Å². The smallest absolute Gasteiger partial charge is 0.260 e. The fourth-order valence-electron chi connectivity index (χ4n) is 1.96. The Morgan fingerprint density at radius 3 is 2.83 bits per heavy atom. The highest BCUT2D eigenvalue weighted by molar-refractivity contribution is 5.78. The highest BCUT2D eigenvalue weighted by atomic mass is 16.5. The van der Waals surface area contributed by atoms with E-state index in [1.165, 1.54) is 6.07 Å². The molecule has 0 radical (unpaired) electrons. The Morgan fingerprint density at radius 2 is 2.17 bits per heavy atom. The van der Waals surface area contributed by atoms with Crippen LogP contribution in [0.15, 0.2) is 18.2 Å². The molecule has 5 heteroatoms. The van der Waals surface area contributed by atoms with E-state index in [0.717, 1.165) is 25.9 Å². The van der Waals surface area contributed by atoms with Gasteiger partial charge < -0.3 is 15.4 Å². The standard InChI is InChI=1S/C13H15N3O2/c14-8-10-7-11(15)3-4-12(10)18-9-13(17)16-5-1-2-6-16/h3-4,7H,1-2,5-6,9,15H2. The maximum absolute atomic E-state index is 11.8. The van der Waals surface area contributed by atoms with Gasteiger partial charge in [-0.2, -0.15) is 5.26 Å². The summed E-state index contributed by atoms with van der Waals surface area (Å²) in [6.07, 6.45) is 2.11. The number of amides is 1. The SMILES string of the molecule is N#Cc1cc(N)ccc1OCC(=O)N1CCCC1. The molecule has 1 aromatic carbocycles. The molecule has 1 aliphatic rings. The first-order chi connectivity index (χ1) is 8.70. The number of nitriles is 1. The second-order valence-corrected chi connectivity index (χ2v) is 4.24. The molecule has 1 aliphatic heterocycles. The monoisotopic (exact) mass is 245 g/mol. The average molecular weight is 245 g/mol. The molecular weight excluding hydrogens is 230 g/mol. The number of benzene rings is 1.